The van der Waals surface area contributed by atoms with Crippen molar-refractivity contribution in [1.29, 1.82) is 0 Å². The van der Waals surface area contributed by atoms with E-state index in [1.54, 1.807) is 23.1 Å². The lowest BCUT2D eigenvalue weighted by atomic mass is 10.2. The van der Waals surface area contributed by atoms with Crippen molar-refractivity contribution < 1.29 is 5.11 Å². The highest BCUT2D eigenvalue weighted by molar-refractivity contribution is 5.45. The number of phenolic OH excluding ortho intramolecular Hbond substituents is 1. The molecule has 21 heavy (non-hydrogen) atoms. The minimum atomic E-state index is 0.289. The zero-order chi connectivity index (χ0) is 14.5. The first-order chi connectivity index (χ1) is 10.3. The van der Waals surface area contributed by atoms with E-state index < -0.39 is 0 Å². The van der Waals surface area contributed by atoms with Crippen LogP contribution >= 0.6 is 0 Å². The number of benzene rings is 2. The molecule has 0 unspecified atom stereocenters. The molecule has 0 saturated carbocycles. The molecule has 3 rings (SSSR count). The number of aromatic hydroxyl groups is 1. The monoisotopic (exact) mass is 280 g/mol. The molecule has 0 aliphatic heterocycles. The summed E-state index contributed by atoms with van der Waals surface area (Å²) in [6, 6.07) is 15.4. The Bertz CT molecular complexity index is 693. The van der Waals surface area contributed by atoms with Gasteiger partial charge in [0.1, 0.15) is 18.4 Å². The second kappa shape index (κ2) is 6.09. The van der Waals surface area contributed by atoms with Crippen LogP contribution in [0.25, 0.3) is 0 Å². The van der Waals surface area contributed by atoms with Gasteiger partial charge in [-0.2, -0.15) is 5.10 Å². The first-order valence-electron chi connectivity index (χ1n) is 6.73. The van der Waals surface area contributed by atoms with Crippen LogP contribution in [0, 0.1) is 0 Å². The average Bonchev–Trinajstić information content (AvgIpc) is 3.00. The van der Waals surface area contributed by atoms with Crippen LogP contribution in [0.5, 0.6) is 5.75 Å². The number of phenols is 1. The first-order valence-corrected chi connectivity index (χ1v) is 6.73. The molecule has 106 valence electrons. The minimum Gasteiger partial charge on any atom is -0.508 e. The van der Waals surface area contributed by atoms with E-state index in [-0.39, 0.29) is 5.75 Å². The molecule has 3 aromatic rings. The van der Waals surface area contributed by atoms with Crippen molar-refractivity contribution >= 4 is 5.69 Å². The smallest absolute Gasteiger partial charge is 0.137 e. The van der Waals surface area contributed by atoms with Crippen molar-refractivity contribution in [3.05, 3.63) is 72.3 Å². The lowest BCUT2D eigenvalue weighted by molar-refractivity contribution is 0.474. The maximum absolute atomic E-state index is 9.43. The van der Waals surface area contributed by atoms with Gasteiger partial charge in [0.25, 0.3) is 0 Å². The Morgan fingerprint density at radius 1 is 1.05 bits per heavy atom. The molecular formula is C16H16N4O. The number of anilines is 1. The third kappa shape index (κ3) is 3.60. The van der Waals surface area contributed by atoms with Crippen molar-refractivity contribution in [3.8, 4) is 5.75 Å². The SMILES string of the molecule is Oc1cccc(CNc2ccc(Cn3cncn3)cc2)c1. The lowest BCUT2D eigenvalue weighted by Crippen LogP contribution is -2.01. The van der Waals surface area contributed by atoms with Crippen molar-refractivity contribution in [1.82, 2.24) is 14.8 Å². The summed E-state index contributed by atoms with van der Waals surface area (Å²) >= 11 is 0. The van der Waals surface area contributed by atoms with Gasteiger partial charge < -0.3 is 10.4 Å². The highest BCUT2D eigenvalue weighted by Gasteiger charge is 1.98. The zero-order valence-electron chi connectivity index (χ0n) is 11.5. The van der Waals surface area contributed by atoms with Crippen LogP contribution in [0.1, 0.15) is 11.1 Å². The number of hydrogen-bond acceptors (Lipinski definition) is 4. The van der Waals surface area contributed by atoms with E-state index in [2.05, 4.69) is 27.5 Å². The number of nitrogens with one attached hydrogen (secondary N) is 1. The normalized spacial score (nSPS) is 10.5. The van der Waals surface area contributed by atoms with Gasteiger partial charge in [-0.3, -0.25) is 0 Å². The van der Waals surface area contributed by atoms with Crippen LogP contribution in [0.4, 0.5) is 5.69 Å². The molecule has 0 aliphatic carbocycles. The maximum Gasteiger partial charge on any atom is 0.137 e. The molecule has 2 N–H and O–H groups in total. The molecule has 5 nitrogen and oxygen atoms in total. The zero-order valence-corrected chi connectivity index (χ0v) is 11.5. The molecular weight excluding hydrogens is 264 g/mol. The highest BCUT2D eigenvalue weighted by atomic mass is 16.3. The van der Waals surface area contributed by atoms with E-state index in [0.717, 1.165) is 11.3 Å². The Hall–Kier alpha value is -2.82. The minimum absolute atomic E-state index is 0.289. The van der Waals surface area contributed by atoms with Crippen molar-refractivity contribution in [2.45, 2.75) is 13.1 Å². The topological polar surface area (TPSA) is 63.0 Å². The lowest BCUT2D eigenvalue weighted by Gasteiger charge is -2.08. The fourth-order valence-corrected chi connectivity index (χ4v) is 2.10. The van der Waals surface area contributed by atoms with E-state index in [1.807, 2.05) is 24.3 Å². The van der Waals surface area contributed by atoms with Crippen LogP contribution in [-0.2, 0) is 13.1 Å². The molecule has 1 heterocycles. The Morgan fingerprint density at radius 3 is 2.62 bits per heavy atom. The predicted molar refractivity (Wildman–Crippen MR) is 81.0 cm³/mol. The third-order valence-corrected chi connectivity index (χ3v) is 3.17. The van der Waals surface area contributed by atoms with Crippen molar-refractivity contribution in [2.75, 3.05) is 5.32 Å². The van der Waals surface area contributed by atoms with Gasteiger partial charge in [-0.1, -0.05) is 24.3 Å². The Balaban J connectivity index is 1.59. The van der Waals surface area contributed by atoms with E-state index in [9.17, 15) is 5.11 Å². The van der Waals surface area contributed by atoms with E-state index in [1.165, 1.54) is 11.9 Å². The summed E-state index contributed by atoms with van der Waals surface area (Å²) in [6.45, 7) is 1.39. The Labute approximate surface area is 122 Å². The van der Waals surface area contributed by atoms with Gasteiger partial charge in [-0.15, -0.1) is 0 Å². The molecule has 0 amide bonds. The van der Waals surface area contributed by atoms with Crippen molar-refractivity contribution in [3.63, 3.8) is 0 Å². The standard InChI is InChI=1S/C16H16N4O/c21-16-3-1-2-14(8-16)9-18-15-6-4-13(5-7-15)10-20-12-17-11-19-20/h1-8,11-12,18,21H,9-10H2. The van der Waals surface area contributed by atoms with Gasteiger partial charge in [-0.25, -0.2) is 9.67 Å². The second-order valence-corrected chi connectivity index (χ2v) is 4.81. The third-order valence-electron chi connectivity index (χ3n) is 3.17. The van der Waals surface area contributed by atoms with Crippen LogP contribution in [-0.4, -0.2) is 19.9 Å². The van der Waals surface area contributed by atoms with Crippen LogP contribution in [0.15, 0.2) is 61.2 Å². The predicted octanol–water partition coefficient (Wildman–Crippen LogP) is 2.64. The largest absolute Gasteiger partial charge is 0.508 e. The van der Waals surface area contributed by atoms with Crippen LogP contribution in [0.3, 0.4) is 0 Å². The average molecular weight is 280 g/mol. The molecule has 0 saturated heterocycles. The molecule has 2 aromatic carbocycles. The molecule has 0 atom stereocenters. The second-order valence-electron chi connectivity index (χ2n) is 4.81. The Morgan fingerprint density at radius 2 is 1.90 bits per heavy atom. The quantitative estimate of drug-likeness (QED) is 0.754. The summed E-state index contributed by atoms with van der Waals surface area (Å²) in [7, 11) is 0. The molecule has 0 fully saturated rings. The van der Waals surface area contributed by atoms with E-state index in [4.69, 9.17) is 0 Å². The van der Waals surface area contributed by atoms with E-state index >= 15 is 0 Å². The number of aromatic nitrogens is 3. The summed E-state index contributed by atoms with van der Waals surface area (Å²) in [5, 5.41) is 16.8. The summed E-state index contributed by atoms with van der Waals surface area (Å²) in [4.78, 5) is 3.93. The number of nitrogens with zero attached hydrogens (tertiary/aromatic N) is 3. The Kier molecular flexibility index (Phi) is 3.82. The summed E-state index contributed by atoms with van der Waals surface area (Å²) < 4.78 is 1.79. The van der Waals surface area contributed by atoms with Crippen LogP contribution in [0.2, 0.25) is 0 Å². The molecule has 0 aliphatic rings. The van der Waals surface area contributed by atoms with Crippen LogP contribution < -0.4 is 5.32 Å². The van der Waals surface area contributed by atoms with Gasteiger partial charge >= 0.3 is 0 Å². The number of rotatable bonds is 5. The summed E-state index contributed by atoms with van der Waals surface area (Å²) in [6.07, 6.45) is 3.24. The maximum atomic E-state index is 9.43. The molecule has 1 aromatic heterocycles. The fourth-order valence-electron chi connectivity index (χ4n) is 2.10. The fraction of sp³-hybridized carbons (Fsp3) is 0.125. The van der Waals surface area contributed by atoms with Gasteiger partial charge in [-0.05, 0) is 35.4 Å². The van der Waals surface area contributed by atoms with Gasteiger partial charge in [0.15, 0.2) is 0 Å². The van der Waals surface area contributed by atoms with E-state index in [0.29, 0.717) is 13.1 Å². The summed E-state index contributed by atoms with van der Waals surface area (Å²) in [5.41, 5.74) is 3.26. The van der Waals surface area contributed by atoms with Crippen molar-refractivity contribution in [2.24, 2.45) is 0 Å². The molecule has 5 heteroatoms. The summed E-state index contributed by atoms with van der Waals surface area (Å²) in [5.74, 6) is 0.289. The molecule has 0 radical (unpaired) electrons. The van der Waals surface area contributed by atoms with Gasteiger partial charge in [0.2, 0.25) is 0 Å². The first kappa shape index (κ1) is 13.2. The van der Waals surface area contributed by atoms with Gasteiger partial charge in [0.05, 0.1) is 6.54 Å². The highest BCUT2D eigenvalue weighted by Crippen LogP contribution is 2.14. The molecule has 0 spiro atoms. The van der Waals surface area contributed by atoms with Gasteiger partial charge in [0, 0.05) is 12.2 Å². The molecule has 0 bridgehead atoms. The number of hydrogen-bond donors (Lipinski definition) is 2.